The molecule has 0 saturated carbocycles. The number of carbonyl (C=O) groups is 2. The van der Waals surface area contributed by atoms with Crippen molar-refractivity contribution < 1.29 is 19.1 Å². The summed E-state index contributed by atoms with van der Waals surface area (Å²) in [6.45, 7) is 3.62. The number of hydrogen-bond acceptors (Lipinski definition) is 4. The van der Waals surface area contributed by atoms with E-state index in [0.717, 1.165) is 0 Å². The van der Waals surface area contributed by atoms with Crippen LogP contribution < -0.4 is 14.8 Å². The van der Waals surface area contributed by atoms with E-state index < -0.39 is 12.0 Å². The first-order chi connectivity index (χ1) is 12.3. The minimum Gasteiger partial charge on any atom is -0.497 e. The monoisotopic (exact) mass is 395 g/mol. The van der Waals surface area contributed by atoms with Gasteiger partial charge in [0.05, 0.1) is 12.1 Å². The van der Waals surface area contributed by atoms with Crippen molar-refractivity contribution >= 4 is 35.1 Å². The first-order valence-electron chi connectivity index (χ1n) is 7.93. The molecule has 1 N–H and O–H groups in total. The lowest BCUT2D eigenvalue weighted by Crippen LogP contribution is -2.46. The van der Waals surface area contributed by atoms with Crippen molar-refractivity contribution in [1.29, 1.82) is 0 Å². The smallest absolute Gasteiger partial charge is 0.334 e. The maximum atomic E-state index is 12.5. The van der Waals surface area contributed by atoms with Gasteiger partial charge < -0.3 is 14.8 Å². The second-order valence-electron chi connectivity index (χ2n) is 5.92. The molecule has 2 rings (SSSR count). The molecule has 1 unspecified atom stereocenters. The van der Waals surface area contributed by atoms with Gasteiger partial charge in [-0.15, -0.1) is 0 Å². The van der Waals surface area contributed by atoms with Crippen LogP contribution in [0.2, 0.25) is 10.0 Å². The SMILES string of the molecule is COc1ccc(C(=O)NC(C(=O)Oc2ccc(Cl)cc2Cl)C(C)C)cc1. The van der Waals surface area contributed by atoms with Gasteiger partial charge in [0.2, 0.25) is 0 Å². The van der Waals surface area contributed by atoms with E-state index in [1.165, 1.54) is 12.1 Å². The molecular formula is C19H19Cl2NO4. The largest absolute Gasteiger partial charge is 0.497 e. The molecule has 0 aliphatic carbocycles. The molecule has 1 atom stereocenters. The predicted octanol–water partition coefficient (Wildman–Crippen LogP) is 4.36. The maximum absolute atomic E-state index is 12.5. The molecule has 2 aromatic rings. The van der Waals surface area contributed by atoms with Crippen LogP contribution in [0.5, 0.6) is 11.5 Å². The summed E-state index contributed by atoms with van der Waals surface area (Å²) in [4.78, 5) is 24.9. The van der Waals surface area contributed by atoms with Gasteiger partial charge in [0.15, 0.2) is 0 Å². The molecule has 0 radical (unpaired) electrons. The van der Waals surface area contributed by atoms with E-state index in [0.29, 0.717) is 16.3 Å². The lowest BCUT2D eigenvalue weighted by Gasteiger charge is -2.21. The predicted molar refractivity (Wildman–Crippen MR) is 101 cm³/mol. The van der Waals surface area contributed by atoms with E-state index in [9.17, 15) is 9.59 Å². The van der Waals surface area contributed by atoms with Crippen molar-refractivity contribution in [2.75, 3.05) is 7.11 Å². The fourth-order valence-electron chi connectivity index (χ4n) is 2.19. The highest BCUT2D eigenvalue weighted by molar-refractivity contribution is 6.35. The molecule has 0 heterocycles. The summed E-state index contributed by atoms with van der Waals surface area (Å²) in [7, 11) is 1.54. The zero-order valence-electron chi connectivity index (χ0n) is 14.6. The fraction of sp³-hybridized carbons (Fsp3) is 0.263. The fourth-order valence-corrected chi connectivity index (χ4v) is 2.64. The molecule has 0 spiro atoms. The highest BCUT2D eigenvalue weighted by Gasteiger charge is 2.27. The number of nitrogens with one attached hydrogen (secondary N) is 1. The number of hydrogen-bond donors (Lipinski definition) is 1. The third-order valence-electron chi connectivity index (χ3n) is 3.66. The van der Waals surface area contributed by atoms with Crippen molar-refractivity contribution in [3.8, 4) is 11.5 Å². The average Bonchev–Trinajstić information content (AvgIpc) is 2.61. The number of ether oxygens (including phenoxy) is 2. The van der Waals surface area contributed by atoms with Crippen LogP contribution in [0.15, 0.2) is 42.5 Å². The Bertz CT molecular complexity index is 791. The Kier molecular flexibility index (Phi) is 6.89. The van der Waals surface area contributed by atoms with Crippen LogP contribution in [-0.2, 0) is 4.79 Å². The Morgan fingerprint density at radius 2 is 1.69 bits per heavy atom. The number of benzene rings is 2. The summed E-state index contributed by atoms with van der Waals surface area (Å²) >= 11 is 11.9. The van der Waals surface area contributed by atoms with Crippen LogP contribution in [-0.4, -0.2) is 25.0 Å². The van der Waals surface area contributed by atoms with Gasteiger partial charge in [-0.3, -0.25) is 4.79 Å². The summed E-state index contributed by atoms with van der Waals surface area (Å²) in [5.74, 6) is -0.350. The molecule has 0 fully saturated rings. The van der Waals surface area contributed by atoms with Crippen molar-refractivity contribution in [3.05, 3.63) is 58.1 Å². The van der Waals surface area contributed by atoms with Crippen molar-refractivity contribution in [2.24, 2.45) is 5.92 Å². The molecule has 5 nitrogen and oxygen atoms in total. The van der Waals surface area contributed by atoms with E-state index in [1.807, 2.05) is 13.8 Å². The van der Waals surface area contributed by atoms with Gasteiger partial charge in [0, 0.05) is 10.6 Å². The normalized spacial score (nSPS) is 11.8. The van der Waals surface area contributed by atoms with E-state index in [4.69, 9.17) is 32.7 Å². The van der Waals surface area contributed by atoms with E-state index >= 15 is 0 Å². The zero-order valence-corrected chi connectivity index (χ0v) is 16.1. The number of amides is 1. The van der Waals surface area contributed by atoms with Gasteiger partial charge in [0.1, 0.15) is 17.5 Å². The summed E-state index contributed by atoms with van der Waals surface area (Å²) in [6.07, 6.45) is 0. The van der Waals surface area contributed by atoms with Crippen LogP contribution in [0.3, 0.4) is 0 Å². The second-order valence-corrected chi connectivity index (χ2v) is 6.76. The Labute approximate surface area is 162 Å². The summed E-state index contributed by atoms with van der Waals surface area (Å²) in [5, 5.41) is 3.35. The number of halogens is 2. The standard InChI is InChI=1S/C19H19Cl2NO4/c1-11(2)17(19(24)26-16-9-6-13(20)10-15(16)21)22-18(23)12-4-7-14(25-3)8-5-12/h4-11,17H,1-3H3,(H,22,23). The Morgan fingerprint density at radius 1 is 1.04 bits per heavy atom. The lowest BCUT2D eigenvalue weighted by atomic mass is 10.0. The second kappa shape index (κ2) is 8.92. The number of methoxy groups -OCH3 is 1. The van der Waals surface area contributed by atoms with Crippen LogP contribution in [0.4, 0.5) is 0 Å². The van der Waals surface area contributed by atoms with E-state index in [1.54, 1.807) is 37.4 Å². The van der Waals surface area contributed by atoms with Crippen LogP contribution in [0.1, 0.15) is 24.2 Å². The quantitative estimate of drug-likeness (QED) is 0.582. The van der Waals surface area contributed by atoms with Gasteiger partial charge >= 0.3 is 5.97 Å². The van der Waals surface area contributed by atoms with Crippen molar-refractivity contribution in [3.63, 3.8) is 0 Å². The minimum absolute atomic E-state index is 0.184. The average molecular weight is 396 g/mol. The highest BCUT2D eigenvalue weighted by Crippen LogP contribution is 2.28. The molecule has 0 aromatic heterocycles. The molecule has 138 valence electrons. The van der Waals surface area contributed by atoms with Crippen molar-refractivity contribution in [1.82, 2.24) is 5.32 Å². The number of esters is 1. The first kappa shape index (κ1) is 20.1. The molecule has 0 aliphatic heterocycles. The maximum Gasteiger partial charge on any atom is 0.334 e. The molecule has 7 heteroatoms. The molecule has 1 amide bonds. The van der Waals surface area contributed by atoms with Gasteiger partial charge in [-0.2, -0.15) is 0 Å². The summed E-state index contributed by atoms with van der Waals surface area (Å²) in [6, 6.07) is 10.3. The Hall–Kier alpha value is -2.24. The first-order valence-corrected chi connectivity index (χ1v) is 8.69. The number of carbonyl (C=O) groups excluding carboxylic acids is 2. The topological polar surface area (TPSA) is 64.6 Å². The van der Waals surface area contributed by atoms with E-state index in [2.05, 4.69) is 5.32 Å². The van der Waals surface area contributed by atoms with Gasteiger partial charge in [-0.05, 0) is 48.4 Å². The molecule has 0 aliphatic rings. The minimum atomic E-state index is -0.837. The number of rotatable bonds is 6. The molecule has 0 saturated heterocycles. The Morgan fingerprint density at radius 3 is 2.23 bits per heavy atom. The molecule has 2 aromatic carbocycles. The van der Waals surface area contributed by atoms with Crippen LogP contribution in [0.25, 0.3) is 0 Å². The van der Waals surface area contributed by atoms with E-state index in [-0.39, 0.29) is 22.6 Å². The Balaban J connectivity index is 2.11. The summed E-state index contributed by atoms with van der Waals surface area (Å²) in [5.41, 5.74) is 0.411. The van der Waals surface area contributed by atoms with Gasteiger partial charge in [0.25, 0.3) is 5.91 Å². The van der Waals surface area contributed by atoms with Crippen LogP contribution in [0, 0.1) is 5.92 Å². The van der Waals surface area contributed by atoms with Gasteiger partial charge in [-0.25, -0.2) is 4.79 Å². The molecule has 0 bridgehead atoms. The zero-order chi connectivity index (χ0) is 19.3. The lowest BCUT2D eigenvalue weighted by molar-refractivity contribution is -0.137. The third-order valence-corrected chi connectivity index (χ3v) is 4.19. The molecule has 26 heavy (non-hydrogen) atoms. The highest BCUT2D eigenvalue weighted by atomic mass is 35.5. The van der Waals surface area contributed by atoms with Gasteiger partial charge in [-0.1, -0.05) is 37.0 Å². The van der Waals surface area contributed by atoms with Crippen LogP contribution >= 0.6 is 23.2 Å². The summed E-state index contributed by atoms with van der Waals surface area (Å²) < 4.78 is 10.4. The molecular weight excluding hydrogens is 377 g/mol. The third kappa shape index (κ3) is 5.13. The van der Waals surface area contributed by atoms with Crippen molar-refractivity contribution in [2.45, 2.75) is 19.9 Å².